The molecular formula is C6H7F5O3. The van der Waals surface area contributed by atoms with Crippen LogP contribution in [0, 0.1) is 0 Å². The molecule has 0 spiro atoms. The molecule has 0 aliphatic carbocycles. The highest BCUT2D eigenvalue weighted by atomic mass is 19.4. The lowest BCUT2D eigenvalue weighted by atomic mass is 10.2. The van der Waals surface area contributed by atoms with Gasteiger partial charge in [-0.1, -0.05) is 6.08 Å². The number of allylic oxidation sites excluding steroid dienone is 1. The molecule has 0 rings (SSSR count). The highest BCUT2D eigenvalue weighted by molar-refractivity contribution is 5.53. The van der Waals surface area contributed by atoms with Gasteiger partial charge < -0.3 is 10.2 Å². The zero-order chi connectivity index (χ0) is 12.0. The number of hydrogen-bond donors (Lipinski definition) is 2. The molecule has 0 aliphatic heterocycles. The van der Waals surface area contributed by atoms with E-state index in [0.29, 0.717) is 6.08 Å². The van der Waals surface area contributed by atoms with Gasteiger partial charge in [0, 0.05) is 6.42 Å². The first-order valence-electron chi connectivity index (χ1n) is 3.02. The van der Waals surface area contributed by atoms with Crippen molar-refractivity contribution in [1.82, 2.24) is 0 Å². The van der Waals surface area contributed by atoms with Crippen LogP contribution in [-0.2, 0) is 0 Å². The molecule has 0 aromatic heterocycles. The van der Waals surface area contributed by atoms with Crippen LogP contribution in [-0.4, -0.2) is 28.5 Å². The minimum absolute atomic E-state index is 0.535. The van der Waals surface area contributed by atoms with Gasteiger partial charge in [-0.05, 0) is 0 Å². The van der Waals surface area contributed by atoms with Crippen LogP contribution in [0.5, 0.6) is 0 Å². The fraction of sp³-hybridized carbons (Fsp3) is 0.500. The Morgan fingerprint density at radius 1 is 1.21 bits per heavy atom. The van der Waals surface area contributed by atoms with Gasteiger partial charge in [0.1, 0.15) is 0 Å². The summed E-state index contributed by atoms with van der Waals surface area (Å²) in [5.41, 5.74) is 0. The Hall–Kier alpha value is -1.34. The topological polar surface area (TPSA) is 57.5 Å². The SMILES string of the molecule is C=CCC(F)(F)C(F)(F)F.O=C(O)O. The third kappa shape index (κ3) is 7.32. The second-order valence-electron chi connectivity index (χ2n) is 1.98. The van der Waals surface area contributed by atoms with Gasteiger partial charge >= 0.3 is 18.3 Å². The average Bonchev–Trinajstić information content (AvgIpc) is 1.82. The third-order valence-corrected chi connectivity index (χ3v) is 0.815. The Balaban J connectivity index is 0. The van der Waals surface area contributed by atoms with E-state index in [-0.39, 0.29) is 0 Å². The van der Waals surface area contributed by atoms with Crippen LogP contribution in [0.3, 0.4) is 0 Å². The second kappa shape index (κ2) is 5.40. The average molecular weight is 222 g/mol. The maximum absolute atomic E-state index is 11.7. The van der Waals surface area contributed by atoms with E-state index in [2.05, 4.69) is 6.58 Å². The summed E-state index contributed by atoms with van der Waals surface area (Å²) in [4.78, 5) is 8.56. The van der Waals surface area contributed by atoms with Crippen LogP contribution in [0.4, 0.5) is 26.7 Å². The minimum atomic E-state index is -5.46. The molecule has 0 aromatic carbocycles. The molecule has 0 atom stereocenters. The lowest BCUT2D eigenvalue weighted by Crippen LogP contribution is -2.35. The number of carbonyl (C=O) groups is 1. The predicted octanol–water partition coefficient (Wildman–Crippen LogP) is 2.98. The van der Waals surface area contributed by atoms with Gasteiger partial charge in [-0.3, -0.25) is 0 Å². The number of hydrogen-bond acceptors (Lipinski definition) is 1. The molecule has 0 fully saturated rings. The fourth-order valence-corrected chi connectivity index (χ4v) is 0.297. The molecule has 0 radical (unpaired) electrons. The molecule has 0 aromatic rings. The molecule has 0 bridgehead atoms. The third-order valence-electron chi connectivity index (χ3n) is 0.815. The van der Waals surface area contributed by atoms with E-state index < -0.39 is 24.7 Å². The zero-order valence-corrected chi connectivity index (χ0v) is 6.68. The van der Waals surface area contributed by atoms with Crippen molar-refractivity contribution >= 4 is 6.16 Å². The molecule has 0 amide bonds. The summed E-state index contributed by atoms with van der Waals surface area (Å²) in [6.07, 6.45) is -8.12. The van der Waals surface area contributed by atoms with Crippen molar-refractivity contribution < 1.29 is 37.0 Å². The smallest absolute Gasteiger partial charge is 0.450 e. The quantitative estimate of drug-likeness (QED) is 0.557. The van der Waals surface area contributed by atoms with Crippen LogP contribution in [0.25, 0.3) is 0 Å². The first-order valence-corrected chi connectivity index (χ1v) is 3.02. The van der Waals surface area contributed by atoms with Crippen molar-refractivity contribution in [3.05, 3.63) is 12.7 Å². The largest absolute Gasteiger partial charge is 0.503 e. The van der Waals surface area contributed by atoms with Crippen LogP contribution >= 0.6 is 0 Å². The number of halogens is 5. The first kappa shape index (κ1) is 15.1. The Bertz CT molecular complexity index is 194. The van der Waals surface area contributed by atoms with Gasteiger partial charge in [0.05, 0.1) is 0 Å². The van der Waals surface area contributed by atoms with Crippen LogP contribution in [0.2, 0.25) is 0 Å². The van der Waals surface area contributed by atoms with E-state index in [1.165, 1.54) is 0 Å². The van der Waals surface area contributed by atoms with Crippen molar-refractivity contribution in [2.75, 3.05) is 0 Å². The molecule has 0 saturated heterocycles. The summed E-state index contributed by atoms with van der Waals surface area (Å²) in [6, 6.07) is 0. The van der Waals surface area contributed by atoms with E-state index >= 15 is 0 Å². The standard InChI is InChI=1S/C5H5F5.CH2O3/c1-2-3-4(6,7)5(8,9)10;2-1(3)4/h2H,1,3H2;(H2,2,3,4). The van der Waals surface area contributed by atoms with Gasteiger partial charge in [0.15, 0.2) is 0 Å². The molecule has 0 heterocycles. The second-order valence-corrected chi connectivity index (χ2v) is 1.98. The van der Waals surface area contributed by atoms with Crippen molar-refractivity contribution in [3.8, 4) is 0 Å². The maximum Gasteiger partial charge on any atom is 0.503 e. The van der Waals surface area contributed by atoms with E-state index in [0.717, 1.165) is 0 Å². The molecule has 0 aliphatic rings. The zero-order valence-electron chi connectivity index (χ0n) is 6.68. The molecule has 0 saturated carbocycles. The normalized spacial score (nSPS) is 11.2. The molecule has 2 N–H and O–H groups in total. The summed E-state index contributed by atoms with van der Waals surface area (Å²) in [5, 5.41) is 13.9. The number of alkyl halides is 5. The summed E-state index contributed by atoms with van der Waals surface area (Å²) in [6.45, 7) is 2.78. The van der Waals surface area contributed by atoms with Gasteiger partial charge in [-0.2, -0.15) is 22.0 Å². The number of carboxylic acid groups (broad SMARTS) is 2. The Morgan fingerprint density at radius 2 is 1.50 bits per heavy atom. The Morgan fingerprint density at radius 3 is 1.57 bits per heavy atom. The fourth-order valence-electron chi connectivity index (χ4n) is 0.297. The van der Waals surface area contributed by atoms with Gasteiger partial charge in [-0.25, -0.2) is 4.79 Å². The Labute approximate surface area is 75.5 Å². The summed E-state index contributed by atoms with van der Waals surface area (Å²) in [5.74, 6) is -4.63. The molecular weight excluding hydrogens is 215 g/mol. The van der Waals surface area contributed by atoms with E-state index in [4.69, 9.17) is 15.0 Å². The van der Waals surface area contributed by atoms with Gasteiger partial charge in [0.25, 0.3) is 0 Å². The van der Waals surface area contributed by atoms with Crippen LogP contribution in [0.1, 0.15) is 6.42 Å². The monoisotopic (exact) mass is 222 g/mol. The summed E-state index contributed by atoms with van der Waals surface area (Å²) >= 11 is 0. The molecule has 0 unspecified atom stereocenters. The Kier molecular flexibility index (Phi) is 5.85. The molecule has 8 heteroatoms. The van der Waals surface area contributed by atoms with Crippen LogP contribution in [0.15, 0.2) is 12.7 Å². The van der Waals surface area contributed by atoms with Gasteiger partial charge in [0.2, 0.25) is 0 Å². The molecule has 3 nitrogen and oxygen atoms in total. The van der Waals surface area contributed by atoms with Crippen LogP contribution < -0.4 is 0 Å². The highest BCUT2D eigenvalue weighted by Gasteiger charge is 2.56. The van der Waals surface area contributed by atoms with Crippen molar-refractivity contribution in [3.63, 3.8) is 0 Å². The minimum Gasteiger partial charge on any atom is -0.450 e. The molecule has 84 valence electrons. The first-order chi connectivity index (χ1) is 6.04. The maximum atomic E-state index is 11.7. The lowest BCUT2D eigenvalue weighted by Gasteiger charge is -2.16. The van der Waals surface area contributed by atoms with Crippen molar-refractivity contribution in [2.24, 2.45) is 0 Å². The van der Waals surface area contributed by atoms with E-state index in [1.54, 1.807) is 0 Å². The highest BCUT2D eigenvalue weighted by Crippen LogP contribution is 2.37. The molecule has 14 heavy (non-hydrogen) atoms. The van der Waals surface area contributed by atoms with Gasteiger partial charge in [-0.15, -0.1) is 6.58 Å². The lowest BCUT2D eigenvalue weighted by molar-refractivity contribution is -0.280. The number of rotatable bonds is 2. The van der Waals surface area contributed by atoms with Crippen molar-refractivity contribution in [2.45, 2.75) is 18.5 Å². The predicted molar refractivity (Wildman–Crippen MR) is 36.5 cm³/mol. The summed E-state index contributed by atoms with van der Waals surface area (Å²) < 4.78 is 57.1. The van der Waals surface area contributed by atoms with E-state index in [1.807, 2.05) is 0 Å². The summed E-state index contributed by atoms with van der Waals surface area (Å²) in [7, 11) is 0. The van der Waals surface area contributed by atoms with E-state index in [9.17, 15) is 22.0 Å². The van der Waals surface area contributed by atoms with Crippen molar-refractivity contribution in [1.29, 1.82) is 0 Å².